The van der Waals surface area contributed by atoms with Crippen LogP contribution in [0.1, 0.15) is 12.5 Å². The molecule has 0 aromatic heterocycles. The van der Waals surface area contributed by atoms with Crippen molar-refractivity contribution < 1.29 is 14.3 Å². The summed E-state index contributed by atoms with van der Waals surface area (Å²) in [4.78, 5) is 11.8. The summed E-state index contributed by atoms with van der Waals surface area (Å²) in [6, 6.07) is 5.09. The Kier molecular flexibility index (Phi) is 7.36. The highest BCUT2D eigenvalue weighted by atomic mass is 35.5. The Morgan fingerprint density at radius 3 is 2.80 bits per heavy atom. The number of methoxy groups -OCH3 is 2. The summed E-state index contributed by atoms with van der Waals surface area (Å²) in [5.74, 6) is 0.678. The number of carbonyl (C=O) groups excluding carboxylic acids is 1. The van der Waals surface area contributed by atoms with Crippen LogP contribution in [-0.2, 0) is 16.1 Å². The zero-order chi connectivity index (χ0) is 15.0. The van der Waals surface area contributed by atoms with Crippen molar-refractivity contribution in [3.05, 3.63) is 28.8 Å². The Morgan fingerprint density at radius 2 is 2.15 bits per heavy atom. The van der Waals surface area contributed by atoms with E-state index in [2.05, 4.69) is 10.6 Å². The number of rotatable bonds is 8. The zero-order valence-corrected chi connectivity index (χ0v) is 12.8. The van der Waals surface area contributed by atoms with Crippen molar-refractivity contribution in [2.24, 2.45) is 0 Å². The summed E-state index contributed by atoms with van der Waals surface area (Å²) >= 11 is 5.96. The molecule has 6 heteroatoms. The van der Waals surface area contributed by atoms with Gasteiger partial charge in [-0.1, -0.05) is 11.6 Å². The van der Waals surface area contributed by atoms with Gasteiger partial charge in [0.05, 0.1) is 19.8 Å². The second-order valence-corrected chi connectivity index (χ2v) is 4.78. The highest BCUT2D eigenvalue weighted by Gasteiger charge is 2.12. The van der Waals surface area contributed by atoms with E-state index in [1.165, 1.54) is 0 Å². The largest absolute Gasteiger partial charge is 0.496 e. The van der Waals surface area contributed by atoms with E-state index in [0.717, 1.165) is 11.3 Å². The average Bonchev–Trinajstić information content (AvgIpc) is 2.45. The van der Waals surface area contributed by atoms with Crippen LogP contribution >= 0.6 is 11.6 Å². The van der Waals surface area contributed by atoms with Crippen molar-refractivity contribution in [1.82, 2.24) is 10.6 Å². The van der Waals surface area contributed by atoms with Gasteiger partial charge in [-0.15, -0.1) is 0 Å². The molecule has 2 N–H and O–H groups in total. The Balaban J connectivity index is 2.49. The molecule has 1 rings (SSSR count). The second-order valence-electron chi connectivity index (χ2n) is 4.34. The lowest BCUT2D eigenvalue weighted by Gasteiger charge is -2.15. The first-order chi connectivity index (χ1) is 9.58. The molecule has 1 atom stereocenters. The number of nitrogens with one attached hydrogen (secondary N) is 2. The Hall–Kier alpha value is -1.30. The summed E-state index contributed by atoms with van der Waals surface area (Å²) in [5, 5.41) is 6.55. The van der Waals surface area contributed by atoms with Crippen molar-refractivity contribution >= 4 is 17.5 Å². The minimum absolute atomic E-state index is 0.0666. The van der Waals surface area contributed by atoms with Gasteiger partial charge in [0, 0.05) is 30.8 Å². The van der Waals surface area contributed by atoms with E-state index < -0.39 is 0 Å². The predicted octanol–water partition coefficient (Wildman–Crippen LogP) is 1.59. The van der Waals surface area contributed by atoms with Gasteiger partial charge in [-0.25, -0.2) is 0 Å². The summed E-state index contributed by atoms with van der Waals surface area (Å²) < 4.78 is 10.1. The van der Waals surface area contributed by atoms with Crippen molar-refractivity contribution in [1.29, 1.82) is 0 Å². The summed E-state index contributed by atoms with van der Waals surface area (Å²) in [6.07, 6.45) is 0. The van der Waals surface area contributed by atoms with Gasteiger partial charge in [0.2, 0.25) is 5.91 Å². The number of ether oxygens (including phenoxy) is 2. The number of hydrogen-bond acceptors (Lipinski definition) is 4. The number of amides is 1. The first-order valence-corrected chi connectivity index (χ1v) is 6.78. The van der Waals surface area contributed by atoms with Gasteiger partial charge in [0.25, 0.3) is 0 Å². The minimum Gasteiger partial charge on any atom is -0.496 e. The Labute approximate surface area is 124 Å². The molecular formula is C14H21ClN2O3. The number of benzene rings is 1. The van der Waals surface area contributed by atoms with Gasteiger partial charge in [-0.2, -0.15) is 0 Å². The highest BCUT2D eigenvalue weighted by Crippen LogP contribution is 2.22. The molecular weight excluding hydrogens is 280 g/mol. The fourth-order valence-corrected chi connectivity index (χ4v) is 1.87. The van der Waals surface area contributed by atoms with Crippen LogP contribution in [-0.4, -0.2) is 39.3 Å². The predicted molar refractivity (Wildman–Crippen MR) is 79.2 cm³/mol. The minimum atomic E-state index is -0.310. The second kappa shape index (κ2) is 8.79. The molecule has 0 radical (unpaired) electrons. The van der Waals surface area contributed by atoms with Gasteiger partial charge in [0.1, 0.15) is 5.75 Å². The highest BCUT2D eigenvalue weighted by molar-refractivity contribution is 6.30. The molecule has 0 aliphatic rings. The molecule has 0 aliphatic carbocycles. The molecule has 0 saturated heterocycles. The molecule has 1 aromatic rings. The zero-order valence-electron chi connectivity index (χ0n) is 12.0. The maximum atomic E-state index is 11.8. The molecule has 20 heavy (non-hydrogen) atoms. The first kappa shape index (κ1) is 16.8. The monoisotopic (exact) mass is 300 g/mol. The number of carbonyl (C=O) groups is 1. The lowest BCUT2D eigenvalue weighted by Crippen LogP contribution is -2.42. The summed E-state index contributed by atoms with van der Waals surface area (Å²) in [5.41, 5.74) is 0.913. The molecule has 1 aromatic carbocycles. The third-order valence-corrected chi connectivity index (χ3v) is 3.07. The van der Waals surface area contributed by atoms with Crippen LogP contribution in [0.15, 0.2) is 18.2 Å². The van der Waals surface area contributed by atoms with E-state index in [1.807, 2.05) is 12.1 Å². The van der Waals surface area contributed by atoms with Gasteiger partial charge in [-0.05, 0) is 25.1 Å². The maximum Gasteiger partial charge on any atom is 0.236 e. The molecule has 0 heterocycles. The summed E-state index contributed by atoms with van der Waals surface area (Å²) in [7, 11) is 3.20. The van der Waals surface area contributed by atoms with Crippen LogP contribution in [0.3, 0.4) is 0 Å². The lowest BCUT2D eigenvalue weighted by molar-refractivity contribution is -0.122. The normalized spacial score (nSPS) is 12.0. The van der Waals surface area contributed by atoms with Crippen LogP contribution in [0.2, 0.25) is 5.02 Å². The first-order valence-electron chi connectivity index (χ1n) is 6.41. The smallest absolute Gasteiger partial charge is 0.236 e. The molecule has 5 nitrogen and oxygen atoms in total. The Morgan fingerprint density at radius 1 is 1.40 bits per heavy atom. The molecule has 0 spiro atoms. The van der Waals surface area contributed by atoms with Crippen LogP contribution in [0.4, 0.5) is 0 Å². The fourth-order valence-electron chi connectivity index (χ4n) is 1.67. The van der Waals surface area contributed by atoms with Gasteiger partial charge >= 0.3 is 0 Å². The van der Waals surface area contributed by atoms with E-state index in [9.17, 15) is 4.79 Å². The van der Waals surface area contributed by atoms with Crippen molar-refractivity contribution in [3.63, 3.8) is 0 Å². The molecule has 0 bridgehead atoms. The van der Waals surface area contributed by atoms with Crippen LogP contribution in [0.25, 0.3) is 0 Å². The molecule has 0 fully saturated rings. The third kappa shape index (κ3) is 5.36. The van der Waals surface area contributed by atoms with Crippen molar-refractivity contribution in [2.45, 2.75) is 19.5 Å². The average molecular weight is 301 g/mol. The number of halogens is 1. The van der Waals surface area contributed by atoms with Crippen LogP contribution < -0.4 is 15.4 Å². The van der Waals surface area contributed by atoms with Crippen molar-refractivity contribution in [2.75, 3.05) is 27.4 Å². The quantitative estimate of drug-likeness (QED) is 0.716. The van der Waals surface area contributed by atoms with Gasteiger partial charge < -0.3 is 20.1 Å². The fraction of sp³-hybridized carbons (Fsp3) is 0.500. The lowest BCUT2D eigenvalue weighted by atomic mass is 10.2. The van der Waals surface area contributed by atoms with E-state index in [-0.39, 0.29) is 11.9 Å². The Bertz CT molecular complexity index is 440. The van der Waals surface area contributed by atoms with E-state index >= 15 is 0 Å². The summed E-state index contributed by atoms with van der Waals surface area (Å²) in [6.45, 7) is 3.31. The third-order valence-electron chi connectivity index (χ3n) is 2.84. The van der Waals surface area contributed by atoms with Gasteiger partial charge in [-0.3, -0.25) is 4.79 Å². The molecule has 112 valence electrons. The molecule has 1 amide bonds. The van der Waals surface area contributed by atoms with Crippen molar-refractivity contribution in [3.8, 4) is 5.75 Å². The topological polar surface area (TPSA) is 59.6 Å². The van der Waals surface area contributed by atoms with Crippen LogP contribution in [0.5, 0.6) is 5.75 Å². The maximum absolute atomic E-state index is 11.8. The molecule has 0 aliphatic heterocycles. The standard InChI is InChI=1S/C14H21ClN2O3/c1-10(14(18)16-6-7-19-2)17-9-11-8-12(15)4-5-13(11)20-3/h4-5,8,10,17H,6-7,9H2,1-3H3,(H,16,18). The molecule has 0 saturated carbocycles. The molecule has 1 unspecified atom stereocenters. The van der Waals surface area contributed by atoms with Gasteiger partial charge in [0.15, 0.2) is 0 Å². The SMILES string of the molecule is COCCNC(=O)C(C)NCc1cc(Cl)ccc1OC. The number of hydrogen-bond donors (Lipinski definition) is 2. The van der Waals surface area contributed by atoms with Crippen LogP contribution in [0, 0.1) is 0 Å². The van der Waals surface area contributed by atoms with E-state index in [1.54, 1.807) is 27.2 Å². The van der Waals surface area contributed by atoms with E-state index in [0.29, 0.717) is 24.7 Å². The van der Waals surface area contributed by atoms with E-state index in [4.69, 9.17) is 21.1 Å².